The highest BCUT2D eigenvalue weighted by molar-refractivity contribution is 4.90. The van der Waals surface area contributed by atoms with Crippen molar-refractivity contribution in [2.45, 2.75) is 32.5 Å². The fraction of sp³-hybridized carbons (Fsp3) is 0.714. The fourth-order valence-electron chi connectivity index (χ4n) is 0.718. The highest BCUT2D eigenvalue weighted by Gasteiger charge is 2.15. The van der Waals surface area contributed by atoms with E-state index < -0.39 is 5.79 Å². The highest BCUT2D eigenvalue weighted by Crippen LogP contribution is 2.09. The van der Waals surface area contributed by atoms with E-state index in [-0.39, 0.29) is 0 Å². The van der Waals surface area contributed by atoms with Crippen molar-refractivity contribution >= 4 is 0 Å². The molecule has 0 heterocycles. The minimum Gasteiger partial charge on any atom is -0.362 e. The Morgan fingerprint density at radius 1 is 1.44 bits per heavy atom. The molecular formula is C7H14O2. The van der Waals surface area contributed by atoms with Crippen molar-refractivity contribution in [3.8, 4) is 0 Å². The Balaban J connectivity index is 3.70. The molecule has 0 aliphatic heterocycles. The molecule has 0 rings (SSSR count). The molecule has 54 valence electrons. The van der Waals surface area contributed by atoms with Gasteiger partial charge in [0.2, 0.25) is 0 Å². The fourth-order valence-corrected chi connectivity index (χ4v) is 0.718. The topological polar surface area (TPSA) is 40.5 Å². The molecule has 2 nitrogen and oxygen atoms in total. The average molecular weight is 130 g/mol. The molecule has 0 aromatic heterocycles. The van der Waals surface area contributed by atoms with Gasteiger partial charge in [-0.05, 0) is 13.0 Å². The summed E-state index contributed by atoms with van der Waals surface area (Å²) in [5.41, 5.74) is 0. The highest BCUT2D eigenvalue weighted by atomic mass is 16.5. The van der Waals surface area contributed by atoms with Gasteiger partial charge in [0.15, 0.2) is 5.79 Å². The molecule has 0 aromatic carbocycles. The van der Waals surface area contributed by atoms with Crippen LogP contribution in [0.3, 0.4) is 0 Å². The molecule has 0 amide bonds. The Morgan fingerprint density at radius 3 is 2.33 bits per heavy atom. The van der Waals surface area contributed by atoms with Crippen molar-refractivity contribution in [1.29, 1.82) is 0 Å². The molecule has 0 bridgehead atoms. The van der Waals surface area contributed by atoms with Crippen LogP contribution in [0.2, 0.25) is 0 Å². The molecule has 0 aromatic rings. The third kappa shape index (κ3) is 4.18. The van der Waals surface area contributed by atoms with Gasteiger partial charge in [0, 0.05) is 6.42 Å². The van der Waals surface area contributed by atoms with Crippen molar-refractivity contribution in [1.82, 2.24) is 0 Å². The largest absolute Gasteiger partial charge is 0.362 e. The van der Waals surface area contributed by atoms with E-state index in [2.05, 4.69) is 0 Å². The number of rotatable bonds is 3. The van der Waals surface area contributed by atoms with Crippen molar-refractivity contribution < 1.29 is 10.2 Å². The van der Waals surface area contributed by atoms with E-state index in [1.807, 2.05) is 6.92 Å². The van der Waals surface area contributed by atoms with Crippen LogP contribution in [-0.2, 0) is 0 Å². The molecule has 0 unspecified atom stereocenters. The van der Waals surface area contributed by atoms with Crippen LogP contribution in [0, 0.1) is 0 Å². The summed E-state index contributed by atoms with van der Waals surface area (Å²) in [7, 11) is 0. The zero-order chi connectivity index (χ0) is 7.33. The third-order valence-electron chi connectivity index (χ3n) is 1.05. The zero-order valence-corrected chi connectivity index (χ0v) is 5.96. The second-order valence-electron chi connectivity index (χ2n) is 2.13. The summed E-state index contributed by atoms with van der Waals surface area (Å²) >= 11 is 0. The van der Waals surface area contributed by atoms with Crippen LogP contribution in [0.5, 0.6) is 0 Å². The molecule has 2 heteroatoms. The monoisotopic (exact) mass is 130 g/mol. The SMILES string of the molecule is C/C=C/C(O)(O)CCC. The van der Waals surface area contributed by atoms with E-state index in [1.54, 1.807) is 13.0 Å². The quantitative estimate of drug-likeness (QED) is 0.442. The second-order valence-corrected chi connectivity index (χ2v) is 2.13. The van der Waals surface area contributed by atoms with Gasteiger partial charge >= 0.3 is 0 Å². The van der Waals surface area contributed by atoms with Crippen molar-refractivity contribution in [2.75, 3.05) is 0 Å². The lowest BCUT2D eigenvalue weighted by Gasteiger charge is -2.15. The van der Waals surface area contributed by atoms with Gasteiger partial charge in [0.05, 0.1) is 0 Å². The van der Waals surface area contributed by atoms with Gasteiger partial charge in [-0.1, -0.05) is 19.4 Å². The lowest BCUT2D eigenvalue weighted by atomic mass is 10.1. The number of hydrogen-bond acceptors (Lipinski definition) is 2. The van der Waals surface area contributed by atoms with Gasteiger partial charge in [0.1, 0.15) is 0 Å². The Kier molecular flexibility index (Phi) is 3.50. The molecule has 0 aliphatic rings. The number of allylic oxidation sites excluding steroid dienone is 1. The number of aliphatic hydroxyl groups is 2. The van der Waals surface area contributed by atoms with E-state index in [1.165, 1.54) is 6.08 Å². The molecule has 0 atom stereocenters. The maximum Gasteiger partial charge on any atom is 0.182 e. The minimum atomic E-state index is -1.58. The molecule has 2 N–H and O–H groups in total. The average Bonchev–Trinajstić information content (AvgIpc) is 1.64. The summed E-state index contributed by atoms with van der Waals surface area (Å²) in [5.74, 6) is -1.58. The van der Waals surface area contributed by atoms with E-state index in [4.69, 9.17) is 10.2 Å². The molecule has 0 fully saturated rings. The van der Waals surface area contributed by atoms with Crippen molar-refractivity contribution in [3.05, 3.63) is 12.2 Å². The van der Waals surface area contributed by atoms with Gasteiger partial charge in [-0.25, -0.2) is 0 Å². The van der Waals surface area contributed by atoms with Gasteiger partial charge in [-0.3, -0.25) is 0 Å². The van der Waals surface area contributed by atoms with Crippen molar-refractivity contribution in [2.24, 2.45) is 0 Å². The maximum atomic E-state index is 8.98. The van der Waals surface area contributed by atoms with Crippen molar-refractivity contribution in [3.63, 3.8) is 0 Å². The first kappa shape index (κ1) is 8.66. The predicted octanol–water partition coefficient (Wildman–Crippen LogP) is 1.04. The Hall–Kier alpha value is -0.340. The maximum absolute atomic E-state index is 8.98. The summed E-state index contributed by atoms with van der Waals surface area (Å²) in [5, 5.41) is 18.0. The van der Waals surface area contributed by atoms with Crippen LogP contribution in [0.25, 0.3) is 0 Å². The zero-order valence-electron chi connectivity index (χ0n) is 5.96. The van der Waals surface area contributed by atoms with E-state index >= 15 is 0 Å². The molecule has 0 radical (unpaired) electrons. The Bertz CT molecular complexity index is 95.1. The summed E-state index contributed by atoms with van der Waals surface area (Å²) in [4.78, 5) is 0. The van der Waals surface area contributed by atoms with Crippen LogP contribution in [-0.4, -0.2) is 16.0 Å². The summed E-state index contributed by atoms with van der Waals surface area (Å²) in [6, 6.07) is 0. The van der Waals surface area contributed by atoms with Crippen LogP contribution >= 0.6 is 0 Å². The molecule has 0 saturated heterocycles. The van der Waals surface area contributed by atoms with Crippen LogP contribution in [0.15, 0.2) is 12.2 Å². The molecule has 0 saturated carbocycles. The molecular weight excluding hydrogens is 116 g/mol. The van der Waals surface area contributed by atoms with Gasteiger partial charge < -0.3 is 10.2 Å². The van der Waals surface area contributed by atoms with Gasteiger partial charge in [0.25, 0.3) is 0 Å². The first-order valence-electron chi connectivity index (χ1n) is 3.21. The van der Waals surface area contributed by atoms with Crippen LogP contribution < -0.4 is 0 Å². The van der Waals surface area contributed by atoms with E-state index in [9.17, 15) is 0 Å². The standard InChI is InChI=1S/C7H14O2/c1-3-5-7(8,9)6-4-2/h3,5,8-9H,4,6H2,1-2H3/b5-3+. The van der Waals surface area contributed by atoms with Gasteiger partial charge in [-0.2, -0.15) is 0 Å². The third-order valence-corrected chi connectivity index (χ3v) is 1.05. The van der Waals surface area contributed by atoms with E-state index in [0.29, 0.717) is 6.42 Å². The van der Waals surface area contributed by atoms with E-state index in [0.717, 1.165) is 6.42 Å². The van der Waals surface area contributed by atoms with Crippen LogP contribution in [0.1, 0.15) is 26.7 Å². The first-order chi connectivity index (χ1) is 4.12. The molecule has 9 heavy (non-hydrogen) atoms. The second kappa shape index (κ2) is 3.64. The minimum absolute atomic E-state index is 0.400. The summed E-state index contributed by atoms with van der Waals surface area (Å²) in [6.45, 7) is 3.67. The summed E-state index contributed by atoms with van der Waals surface area (Å²) < 4.78 is 0. The smallest absolute Gasteiger partial charge is 0.182 e. The Labute approximate surface area is 55.8 Å². The van der Waals surface area contributed by atoms with Gasteiger partial charge in [-0.15, -0.1) is 0 Å². The lowest BCUT2D eigenvalue weighted by Crippen LogP contribution is -2.23. The predicted molar refractivity (Wildman–Crippen MR) is 36.9 cm³/mol. The summed E-state index contributed by atoms with van der Waals surface area (Å²) in [6.07, 6.45) is 4.20. The number of hydrogen-bond donors (Lipinski definition) is 2. The molecule has 0 aliphatic carbocycles. The Morgan fingerprint density at radius 2 is 2.00 bits per heavy atom. The normalized spacial score (nSPS) is 12.9. The lowest BCUT2D eigenvalue weighted by molar-refractivity contribution is -0.123. The molecule has 0 spiro atoms. The van der Waals surface area contributed by atoms with Crippen LogP contribution in [0.4, 0.5) is 0 Å². The first-order valence-corrected chi connectivity index (χ1v) is 3.21.